The van der Waals surface area contributed by atoms with Crippen LogP contribution in [0.15, 0.2) is 35.2 Å². The Morgan fingerprint density at radius 3 is 3.00 bits per heavy atom. The lowest BCUT2D eigenvalue weighted by Gasteiger charge is -2.08. The van der Waals surface area contributed by atoms with Crippen molar-refractivity contribution in [3.8, 4) is 0 Å². The van der Waals surface area contributed by atoms with E-state index in [9.17, 15) is 4.79 Å². The van der Waals surface area contributed by atoms with Crippen molar-refractivity contribution in [3.63, 3.8) is 0 Å². The summed E-state index contributed by atoms with van der Waals surface area (Å²) in [5.74, 6) is -0.0195. The molecule has 0 aliphatic rings. The van der Waals surface area contributed by atoms with E-state index in [0.717, 1.165) is 27.8 Å². The van der Waals surface area contributed by atoms with Crippen LogP contribution in [-0.4, -0.2) is 28.0 Å². The Bertz CT molecular complexity index is 851. The van der Waals surface area contributed by atoms with Crippen molar-refractivity contribution in [3.05, 3.63) is 41.9 Å². The van der Waals surface area contributed by atoms with Gasteiger partial charge in [-0.3, -0.25) is 9.48 Å². The molecule has 3 rings (SSSR count). The van der Waals surface area contributed by atoms with Crippen molar-refractivity contribution in [1.82, 2.24) is 14.9 Å². The summed E-state index contributed by atoms with van der Waals surface area (Å²) in [7, 11) is 1.37. The fourth-order valence-corrected chi connectivity index (χ4v) is 2.56. The summed E-state index contributed by atoms with van der Waals surface area (Å²) >= 11 is 0. The SMILES string of the molecule is COC(=O)Cn1ncc2ccc(NCc3conc3C(C)C)cc21. The zero-order valence-electron chi connectivity index (χ0n) is 13.9. The summed E-state index contributed by atoms with van der Waals surface area (Å²) < 4.78 is 11.4. The van der Waals surface area contributed by atoms with E-state index < -0.39 is 0 Å². The molecule has 7 nitrogen and oxygen atoms in total. The third-order valence-corrected chi connectivity index (χ3v) is 3.86. The topological polar surface area (TPSA) is 82.2 Å². The number of fused-ring (bicyclic) bond motifs is 1. The number of carbonyl (C=O) groups excluding carboxylic acids is 1. The molecule has 1 aromatic carbocycles. The summed E-state index contributed by atoms with van der Waals surface area (Å²) in [5.41, 5.74) is 3.80. The van der Waals surface area contributed by atoms with E-state index in [1.807, 2.05) is 18.2 Å². The molecule has 3 aromatic rings. The zero-order chi connectivity index (χ0) is 17.1. The molecule has 0 spiro atoms. The van der Waals surface area contributed by atoms with Crippen LogP contribution in [0.4, 0.5) is 5.69 Å². The summed E-state index contributed by atoms with van der Waals surface area (Å²) in [4.78, 5) is 11.5. The molecular weight excluding hydrogens is 308 g/mol. The van der Waals surface area contributed by atoms with Crippen LogP contribution in [0.5, 0.6) is 0 Å². The fraction of sp³-hybridized carbons (Fsp3) is 0.353. The Balaban J connectivity index is 1.78. The monoisotopic (exact) mass is 328 g/mol. The van der Waals surface area contributed by atoms with Gasteiger partial charge in [0.1, 0.15) is 12.8 Å². The first-order chi connectivity index (χ1) is 11.6. The molecule has 1 N–H and O–H groups in total. The number of benzene rings is 1. The van der Waals surface area contributed by atoms with Gasteiger partial charge in [0.2, 0.25) is 0 Å². The van der Waals surface area contributed by atoms with Crippen LogP contribution in [0, 0.1) is 0 Å². The van der Waals surface area contributed by atoms with E-state index in [2.05, 4.69) is 29.4 Å². The highest BCUT2D eigenvalue weighted by atomic mass is 16.5. The molecule has 0 saturated carbocycles. The number of anilines is 1. The van der Waals surface area contributed by atoms with Gasteiger partial charge in [0.15, 0.2) is 0 Å². The molecule has 126 valence electrons. The maximum absolute atomic E-state index is 11.5. The number of aromatic nitrogens is 3. The van der Waals surface area contributed by atoms with Crippen LogP contribution in [0.1, 0.15) is 31.0 Å². The zero-order valence-corrected chi connectivity index (χ0v) is 13.9. The van der Waals surface area contributed by atoms with Gasteiger partial charge in [-0.25, -0.2) is 0 Å². The van der Waals surface area contributed by atoms with Crippen LogP contribution in [0.2, 0.25) is 0 Å². The predicted octanol–water partition coefficient (Wildman–Crippen LogP) is 2.93. The third-order valence-electron chi connectivity index (χ3n) is 3.86. The first kappa shape index (κ1) is 16.0. The van der Waals surface area contributed by atoms with Crippen LogP contribution in [-0.2, 0) is 22.6 Å². The minimum Gasteiger partial charge on any atom is -0.468 e. The lowest BCUT2D eigenvalue weighted by atomic mass is 10.1. The van der Waals surface area contributed by atoms with Gasteiger partial charge in [0.25, 0.3) is 0 Å². The van der Waals surface area contributed by atoms with Crippen LogP contribution in [0.25, 0.3) is 10.9 Å². The predicted molar refractivity (Wildman–Crippen MR) is 89.7 cm³/mol. The van der Waals surface area contributed by atoms with Crippen molar-refractivity contribution < 1.29 is 14.1 Å². The minimum absolute atomic E-state index is 0.0899. The lowest BCUT2D eigenvalue weighted by molar-refractivity contribution is -0.141. The van der Waals surface area contributed by atoms with E-state index in [-0.39, 0.29) is 12.5 Å². The maximum atomic E-state index is 11.5. The first-order valence-electron chi connectivity index (χ1n) is 7.78. The number of ether oxygens (including phenoxy) is 1. The van der Waals surface area contributed by atoms with E-state index in [4.69, 9.17) is 9.26 Å². The summed E-state index contributed by atoms with van der Waals surface area (Å²) in [5, 5.41) is 12.6. The van der Waals surface area contributed by atoms with Gasteiger partial charge >= 0.3 is 5.97 Å². The lowest BCUT2D eigenvalue weighted by Crippen LogP contribution is -2.12. The van der Waals surface area contributed by atoms with Gasteiger partial charge in [-0.15, -0.1) is 0 Å². The van der Waals surface area contributed by atoms with Crippen molar-refractivity contribution >= 4 is 22.6 Å². The van der Waals surface area contributed by atoms with Crippen molar-refractivity contribution in [2.75, 3.05) is 12.4 Å². The number of carbonyl (C=O) groups is 1. The van der Waals surface area contributed by atoms with Gasteiger partial charge in [-0.1, -0.05) is 19.0 Å². The van der Waals surface area contributed by atoms with Crippen molar-refractivity contribution in [2.24, 2.45) is 0 Å². The number of hydrogen-bond donors (Lipinski definition) is 1. The standard InChI is InChI=1S/C17H20N4O3/c1-11(2)17-13(10-24-20-17)7-18-14-5-4-12-8-19-21(15(12)6-14)9-16(22)23-3/h4-6,8,10-11,18H,7,9H2,1-3H3. The van der Waals surface area contributed by atoms with Crippen molar-refractivity contribution in [1.29, 1.82) is 0 Å². The Morgan fingerprint density at radius 2 is 2.25 bits per heavy atom. The number of nitrogens with zero attached hydrogens (tertiary/aromatic N) is 3. The Kier molecular flexibility index (Phi) is 4.50. The molecule has 0 aliphatic heterocycles. The summed E-state index contributed by atoms with van der Waals surface area (Å²) in [6.07, 6.45) is 3.40. The Labute approximate surface area is 139 Å². The maximum Gasteiger partial charge on any atom is 0.327 e. The van der Waals surface area contributed by atoms with Gasteiger partial charge in [-0.2, -0.15) is 5.10 Å². The van der Waals surface area contributed by atoms with E-state index in [1.54, 1.807) is 17.1 Å². The number of hydrogen-bond acceptors (Lipinski definition) is 6. The number of esters is 1. The second kappa shape index (κ2) is 6.74. The molecule has 7 heteroatoms. The molecule has 0 saturated heterocycles. The van der Waals surface area contributed by atoms with E-state index in [0.29, 0.717) is 12.5 Å². The van der Waals surface area contributed by atoms with Crippen LogP contribution >= 0.6 is 0 Å². The van der Waals surface area contributed by atoms with Crippen molar-refractivity contribution in [2.45, 2.75) is 32.9 Å². The van der Waals surface area contributed by atoms with Crippen LogP contribution in [0.3, 0.4) is 0 Å². The molecule has 0 bridgehead atoms. The molecule has 2 aromatic heterocycles. The second-order valence-electron chi connectivity index (χ2n) is 5.89. The van der Waals surface area contributed by atoms with Crippen LogP contribution < -0.4 is 5.32 Å². The molecular formula is C17H20N4O3. The highest BCUT2D eigenvalue weighted by Gasteiger charge is 2.12. The number of methoxy groups -OCH3 is 1. The Morgan fingerprint density at radius 1 is 1.42 bits per heavy atom. The highest BCUT2D eigenvalue weighted by molar-refractivity contribution is 5.83. The normalized spacial score (nSPS) is 11.2. The third kappa shape index (κ3) is 3.24. The molecule has 0 aliphatic carbocycles. The average molecular weight is 328 g/mol. The fourth-order valence-electron chi connectivity index (χ4n) is 2.56. The molecule has 2 heterocycles. The smallest absolute Gasteiger partial charge is 0.327 e. The molecule has 0 atom stereocenters. The largest absolute Gasteiger partial charge is 0.468 e. The minimum atomic E-state index is -0.329. The molecule has 0 fully saturated rings. The quantitative estimate of drug-likeness (QED) is 0.701. The molecule has 0 unspecified atom stereocenters. The highest BCUT2D eigenvalue weighted by Crippen LogP contribution is 2.22. The number of nitrogens with one attached hydrogen (secondary N) is 1. The van der Waals surface area contributed by atoms with Gasteiger partial charge in [-0.05, 0) is 24.1 Å². The molecule has 0 radical (unpaired) electrons. The number of rotatable bonds is 6. The summed E-state index contributed by atoms with van der Waals surface area (Å²) in [6.45, 7) is 4.87. The average Bonchev–Trinajstić information content (AvgIpc) is 3.20. The first-order valence-corrected chi connectivity index (χ1v) is 7.78. The van der Waals surface area contributed by atoms with Gasteiger partial charge in [0.05, 0.1) is 24.5 Å². The van der Waals surface area contributed by atoms with E-state index in [1.165, 1.54) is 7.11 Å². The summed E-state index contributed by atoms with van der Waals surface area (Å²) in [6, 6.07) is 5.91. The van der Waals surface area contributed by atoms with Gasteiger partial charge in [0, 0.05) is 23.2 Å². The second-order valence-corrected chi connectivity index (χ2v) is 5.89. The van der Waals surface area contributed by atoms with E-state index >= 15 is 0 Å². The molecule has 0 amide bonds. The van der Waals surface area contributed by atoms with Gasteiger partial charge < -0.3 is 14.6 Å². The Hall–Kier alpha value is -2.83. The molecule has 24 heavy (non-hydrogen) atoms.